The molecule has 1 saturated carbocycles. The van der Waals surface area contributed by atoms with Crippen LogP contribution in [0.15, 0.2) is 48.5 Å². The van der Waals surface area contributed by atoms with E-state index >= 15 is 0 Å². The van der Waals surface area contributed by atoms with Gasteiger partial charge in [0.1, 0.15) is 0 Å². The molecule has 0 radical (unpaired) electrons. The average Bonchev–Trinajstić information content (AvgIpc) is 2.70. The van der Waals surface area contributed by atoms with E-state index in [2.05, 4.69) is 16.0 Å². The first-order valence-electron chi connectivity index (χ1n) is 9.62. The highest BCUT2D eigenvalue weighted by molar-refractivity contribution is 7.80. The zero-order valence-electron chi connectivity index (χ0n) is 16.0. The first kappa shape index (κ1) is 20.0. The van der Waals surface area contributed by atoms with Gasteiger partial charge in [0.25, 0.3) is 5.91 Å². The summed E-state index contributed by atoms with van der Waals surface area (Å²) in [6, 6.07) is 14.7. The van der Waals surface area contributed by atoms with Crippen LogP contribution in [-0.2, 0) is 4.79 Å². The zero-order valence-corrected chi connectivity index (χ0v) is 16.8. The molecule has 0 heterocycles. The van der Waals surface area contributed by atoms with E-state index in [4.69, 9.17) is 12.2 Å². The van der Waals surface area contributed by atoms with Crippen LogP contribution in [-0.4, -0.2) is 16.9 Å². The first-order valence-corrected chi connectivity index (χ1v) is 10.0. The number of anilines is 2. The van der Waals surface area contributed by atoms with Crippen LogP contribution in [0.25, 0.3) is 0 Å². The lowest BCUT2D eigenvalue weighted by Gasteiger charge is -2.21. The van der Waals surface area contributed by atoms with E-state index in [1.807, 2.05) is 37.3 Å². The fourth-order valence-electron chi connectivity index (χ4n) is 3.40. The molecule has 0 unspecified atom stereocenters. The van der Waals surface area contributed by atoms with Crippen molar-refractivity contribution in [3.63, 3.8) is 0 Å². The molecule has 1 aliphatic carbocycles. The smallest absolute Gasteiger partial charge is 0.255 e. The molecule has 6 heteroatoms. The molecule has 0 saturated heterocycles. The third-order valence-electron chi connectivity index (χ3n) is 5.00. The molecule has 2 amide bonds. The maximum absolute atomic E-state index is 12.4. The molecule has 28 heavy (non-hydrogen) atoms. The maximum atomic E-state index is 12.4. The Balaban J connectivity index is 1.52. The minimum Gasteiger partial charge on any atom is -0.332 e. The first-order chi connectivity index (χ1) is 13.5. The fraction of sp³-hybridized carbons (Fsp3) is 0.318. The Bertz CT molecular complexity index is 858. The lowest BCUT2D eigenvalue weighted by molar-refractivity contribution is -0.124. The van der Waals surface area contributed by atoms with Crippen molar-refractivity contribution in [1.82, 2.24) is 5.32 Å². The summed E-state index contributed by atoms with van der Waals surface area (Å²) >= 11 is 5.25. The second-order valence-electron chi connectivity index (χ2n) is 7.12. The van der Waals surface area contributed by atoms with E-state index in [-0.39, 0.29) is 17.7 Å². The number of carbonyl (C=O) groups is 2. The third-order valence-corrected chi connectivity index (χ3v) is 5.21. The Morgan fingerprint density at radius 1 is 0.893 bits per heavy atom. The molecular formula is C22H25N3O2S. The lowest BCUT2D eigenvalue weighted by Crippen LogP contribution is -2.38. The summed E-state index contributed by atoms with van der Waals surface area (Å²) in [6.45, 7) is 1.91. The Hall–Kier alpha value is -2.73. The topological polar surface area (TPSA) is 70.2 Å². The molecule has 2 aromatic rings. The second kappa shape index (κ2) is 9.46. The molecule has 2 aromatic carbocycles. The minimum absolute atomic E-state index is 0.000635. The number of benzene rings is 2. The Morgan fingerprint density at radius 2 is 1.50 bits per heavy atom. The van der Waals surface area contributed by atoms with Gasteiger partial charge in [-0.15, -0.1) is 0 Å². The summed E-state index contributed by atoms with van der Waals surface area (Å²) in [5.41, 5.74) is 3.02. The number of amides is 2. The summed E-state index contributed by atoms with van der Waals surface area (Å²) in [5.74, 6) is -0.0825. The van der Waals surface area contributed by atoms with E-state index in [1.54, 1.807) is 18.2 Å². The van der Waals surface area contributed by atoms with Gasteiger partial charge in [0, 0.05) is 22.9 Å². The Kier molecular flexibility index (Phi) is 6.76. The summed E-state index contributed by atoms with van der Waals surface area (Å²) in [7, 11) is 0. The molecular weight excluding hydrogens is 370 g/mol. The van der Waals surface area contributed by atoms with Gasteiger partial charge >= 0.3 is 0 Å². The molecule has 146 valence electrons. The highest BCUT2D eigenvalue weighted by Crippen LogP contribution is 2.23. The SMILES string of the molecule is Cc1ccccc1C(=O)Nc1ccc(NC(=S)NC(=O)C2CCCCC2)cc1. The minimum atomic E-state index is -0.144. The van der Waals surface area contributed by atoms with Crippen molar-refractivity contribution < 1.29 is 9.59 Å². The summed E-state index contributed by atoms with van der Waals surface area (Å²) in [6.07, 6.45) is 5.29. The molecule has 0 aliphatic heterocycles. The Labute approximate surface area is 170 Å². The van der Waals surface area contributed by atoms with Gasteiger partial charge in [-0.25, -0.2) is 0 Å². The van der Waals surface area contributed by atoms with Crippen molar-refractivity contribution in [2.24, 2.45) is 5.92 Å². The van der Waals surface area contributed by atoms with Crippen LogP contribution in [0.3, 0.4) is 0 Å². The van der Waals surface area contributed by atoms with E-state index in [1.165, 1.54) is 6.42 Å². The van der Waals surface area contributed by atoms with Crippen LogP contribution >= 0.6 is 12.2 Å². The van der Waals surface area contributed by atoms with Gasteiger partial charge in [0.15, 0.2) is 5.11 Å². The monoisotopic (exact) mass is 395 g/mol. The van der Waals surface area contributed by atoms with Crippen molar-refractivity contribution in [3.8, 4) is 0 Å². The van der Waals surface area contributed by atoms with E-state index in [0.717, 1.165) is 36.9 Å². The summed E-state index contributed by atoms with van der Waals surface area (Å²) in [5, 5.41) is 8.99. The summed E-state index contributed by atoms with van der Waals surface area (Å²) < 4.78 is 0. The predicted octanol–water partition coefficient (Wildman–Crippen LogP) is 4.64. The fourth-order valence-corrected chi connectivity index (χ4v) is 3.62. The second-order valence-corrected chi connectivity index (χ2v) is 7.53. The van der Waals surface area contributed by atoms with Crippen LogP contribution in [0.5, 0.6) is 0 Å². The van der Waals surface area contributed by atoms with Crippen molar-refractivity contribution in [2.75, 3.05) is 10.6 Å². The van der Waals surface area contributed by atoms with Crippen molar-refractivity contribution in [2.45, 2.75) is 39.0 Å². The van der Waals surface area contributed by atoms with Crippen LogP contribution in [0.1, 0.15) is 48.0 Å². The third kappa shape index (κ3) is 5.39. The number of thiocarbonyl (C=S) groups is 1. The van der Waals surface area contributed by atoms with E-state index in [9.17, 15) is 9.59 Å². The normalized spacial score (nSPS) is 14.2. The lowest BCUT2D eigenvalue weighted by atomic mass is 9.89. The quantitative estimate of drug-likeness (QED) is 0.660. The average molecular weight is 396 g/mol. The predicted molar refractivity (Wildman–Crippen MR) is 117 cm³/mol. The zero-order chi connectivity index (χ0) is 19.9. The van der Waals surface area contributed by atoms with Gasteiger partial charge in [-0.05, 0) is 67.9 Å². The van der Waals surface area contributed by atoms with Crippen molar-refractivity contribution >= 4 is 40.5 Å². The van der Waals surface area contributed by atoms with Gasteiger partial charge in [-0.1, -0.05) is 37.5 Å². The number of aryl methyl sites for hydroxylation is 1. The number of hydrogen-bond donors (Lipinski definition) is 3. The molecule has 1 fully saturated rings. The molecule has 3 N–H and O–H groups in total. The van der Waals surface area contributed by atoms with Gasteiger partial charge in [-0.3, -0.25) is 9.59 Å². The highest BCUT2D eigenvalue weighted by Gasteiger charge is 2.21. The molecule has 3 rings (SSSR count). The van der Waals surface area contributed by atoms with Crippen LogP contribution in [0, 0.1) is 12.8 Å². The van der Waals surface area contributed by atoms with E-state index in [0.29, 0.717) is 16.4 Å². The Morgan fingerprint density at radius 3 is 2.14 bits per heavy atom. The molecule has 0 aromatic heterocycles. The number of nitrogens with one attached hydrogen (secondary N) is 3. The van der Waals surface area contributed by atoms with Crippen molar-refractivity contribution in [3.05, 3.63) is 59.7 Å². The summed E-state index contributed by atoms with van der Waals surface area (Å²) in [4.78, 5) is 24.6. The van der Waals surface area contributed by atoms with Gasteiger partial charge < -0.3 is 16.0 Å². The van der Waals surface area contributed by atoms with Gasteiger partial charge in [0.05, 0.1) is 0 Å². The number of carbonyl (C=O) groups excluding carboxylic acids is 2. The van der Waals surface area contributed by atoms with Crippen molar-refractivity contribution in [1.29, 1.82) is 0 Å². The highest BCUT2D eigenvalue weighted by atomic mass is 32.1. The molecule has 0 atom stereocenters. The van der Waals surface area contributed by atoms with Gasteiger partial charge in [-0.2, -0.15) is 0 Å². The molecule has 0 spiro atoms. The van der Waals surface area contributed by atoms with Crippen LogP contribution in [0.4, 0.5) is 11.4 Å². The molecule has 0 bridgehead atoms. The molecule has 1 aliphatic rings. The van der Waals surface area contributed by atoms with Crippen LogP contribution < -0.4 is 16.0 Å². The van der Waals surface area contributed by atoms with Gasteiger partial charge in [0.2, 0.25) is 5.91 Å². The van der Waals surface area contributed by atoms with Crippen LogP contribution in [0.2, 0.25) is 0 Å². The largest absolute Gasteiger partial charge is 0.332 e. The standard InChI is InChI=1S/C22H25N3O2S/c1-15-7-5-6-10-19(15)21(27)23-17-11-13-18(14-12-17)24-22(28)25-20(26)16-8-3-2-4-9-16/h5-7,10-14,16H,2-4,8-9H2,1H3,(H,23,27)(H2,24,25,26,28). The number of hydrogen-bond acceptors (Lipinski definition) is 3. The maximum Gasteiger partial charge on any atom is 0.255 e. The number of rotatable bonds is 4. The van der Waals surface area contributed by atoms with E-state index < -0.39 is 0 Å². The molecule has 5 nitrogen and oxygen atoms in total.